The van der Waals surface area contributed by atoms with Gasteiger partial charge in [0, 0.05) is 12.2 Å². The molecule has 2 N–H and O–H groups in total. The number of alkyl halides is 5. The van der Waals surface area contributed by atoms with Crippen LogP contribution in [0.4, 0.5) is 22.0 Å². The molecule has 0 amide bonds. The monoisotopic (exact) mass is 256 g/mol. The van der Waals surface area contributed by atoms with Gasteiger partial charge in [-0.3, -0.25) is 0 Å². The Kier molecular flexibility index (Phi) is 3.87. The molecule has 1 aromatic rings. The van der Waals surface area contributed by atoms with Gasteiger partial charge in [-0.05, 0) is 18.6 Å². The molecule has 0 radical (unpaired) electrons. The Morgan fingerprint density at radius 3 is 2.41 bits per heavy atom. The van der Waals surface area contributed by atoms with Crippen molar-refractivity contribution in [3.05, 3.63) is 22.9 Å². The van der Waals surface area contributed by atoms with Crippen LogP contribution in [0.1, 0.15) is 23.2 Å². The lowest BCUT2D eigenvalue weighted by molar-refractivity contribution is -0.276. The van der Waals surface area contributed by atoms with Crippen LogP contribution in [0.2, 0.25) is 0 Å². The molecule has 0 fully saturated rings. The van der Waals surface area contributed by atoms with Gasteiger partial charge in [0.2, 0.25) is 5.88 Å². The lowest BCUT2D eigenvalue weighted by atomic mass is 10.1. The number of rotatable bonds is 3. The summed E-state index contributed by atoms with van der Waals surface area (Å²) < 4.78 is 64.4. The lowest BCUT2D eigenvalue weighted by Crippen LogP contribution is -2.20. The molecular weight excluding hydrogens is 247 g/mol. The number of halogens is 5. The zero-order valence-electron chi connectivity index (χ0n) is 8.68. The first-order chi connectivity index (χ1) is 7.74. The minimum Gasteiger partial charge on any atom is -0.387 e. The molecule has 0 aromatic carbocycles. The molecule has 0 atom stereocenters. The summed E-state index contributed by atoms with van der Waals surface area (Å²) >= 11 is 0. The van der Waals surface area contributed by atoms with E-state index in [1.54, 1.807) is 0 Å². The first-order valence-electron chi connectivity index (χ1n) is 4.49. The maximum absolute atomic E-state index is 12.5. The van der Waals surface area contributed by atoms with Crippen LogP contribution in [0, 0.1) is 6.92 Å². The van der Waals surface area contributed by atoms with Crippen LogP contribution in [0.5, 0.6) is 5.88 Å². The molecule has 0 aliphatic carbocycles. The van der Waals surface area contributed by atoms with Crippen LogP contribution in [0.3, 0.4) is 0 Å². The van der Waals surface area contributed by atoms with E-state index in [1.807, 2.05) is 0 Å². The summed E-state index contributed by atoms with van der Waals surface area (Å²) in [7, 11) is 0. The molecule has 17 heavy (non-hydrogen) atoms. The first kappa shape index (κ1) is 13.6. The van der Waals surface area contributed by atoms with Crippen molar-refractivity contribution in [2.24, 2.45) is 5.73 Å². The van der Waals surface area contributed by atoms with Crippen molar-refractivity contribution in [1.29, 1.82) is 0 Å². The Hall–Kier alpha value is -1.44. The highest BCUT2D eigenvalue weighted by Crippen LogP contribution is 2.32. The highest BCUT2D eigenvalue weighted by atomic mass is 19.4. The number of hydrogen-bond acceptors (Lipinski definition) is 3. The number of hydrogen-bond donors (Lipinski definition) is 1. The standard InChI is InChI=1S/C9H9F5N2O/c1-4-5(3-15)2-6(7(10)11)8(16-4)17-9(12,13)14/h2,7H,3,15H2,1H3. The topological polar surface area (TPSA) is 48.1 Å². The van der Waals surface area contributed by atoms with Crippen LogP contribution in [0.25, 0.3) is 0 Å². The van der Waals surface area contributed by atoms with E-state index in [-0.39, 0.29) is 17.8 Å². The molecule has 0 unspecified atom stereocenters. The minimum absolute atomic E-state index is 0.0924. The molecular formula is C9H9F5N2O. The van der Waals surface area contributed by atoms with Crippen molar-refractivity contribution in [2.45, 2.75) is 26.3 Å². The molecule has 0 saturated heterocycles. The van der Waals surface area contributed by atoms with Gasteiger partial charge in [0.25, 0.3) is 6.43 Å². The molecule has 0 aliphatic rings. The summed E-state index contributed by atoms with van der Waals surface area (Å²) in [6.07, 6.45) is -8.18. The number of pyridine rings is 1. The smallest absolute Gasteiger partial charge is 0.387 e. The van der Waals surface area contributed by atoms with Gasteiger partial charge in [-0.2, -0.15) is 0 Å². The summed E-state index contributed by atoms with van der Waals surface area (Å²) in [4.78, 5) is 3.35. The largest absolute Gasteiger partial charge is 0.574 e. The van der Waals surface area contributed by atoms with Gasteiger partial charge in [-0.15, -0.1) is 13.2 Å². The van der Waals surface area contributed by atoms with Crippen molar-refractivity contribution < 1.29 is 26.7 Å². The fourth-order valence-electron chi connectivity index (χ4n) is 1.20. The summed E-state index contributed by atoms with van der Waals surface area (Å²) in [5, 5.41) is 0. The van der Waals surface area contributed by atoms with Crippen molar-refractivity contribution >= 4 is 0 Å². The van der Waals surface area contributed by atoms with E-state index in [9.17, 15) is 22.0 Å². The van der Waals surface area contributed by atoms with E-state index < -0.39 is 24.2 Å². The summed E-state index contributed by atoms with van der Waals surface area (Å²) in [6, 6.07) is 0.869. The second-order valence-electron chi connectivity index (χ2n) is 3.18. The number of aromatic nitrogens is 1. The Labute approximate surface area is 93.4 Å². The van der Waals surface area contributed by atoms with Gasteiger partial charge in [0.05, 0.1) is 5.56 Å². The lowest BCUT2D eigenvalue weighted by Gasteiger charge is -2.14. The average molecular weight is 256 g/mol. The third-order valence-corrected chi connectivity index (χ3v) is 1.98. The number of ether oxygens (including phenoxy) is 1. The molecule has 1 rings (SSSR count). The van der Waals surface area contributed by atoms with E-state index in [2.05, 4.69) is 9.72 Å². The Morgan fingerprint density at radius 1 is 1.41 bits per heavy atom. The van der Waals surface area contributed by atoms with Gasteiger partial charge >= 0.3 is 6.36 Å². The summed E-state index contributed by atoms with van der Waals surface area (Å²) in [6.45, 7) is 1.27. The fraction of sp³-hybridized carbons (Fsp3) is 0.444. The maximum Gasteiger partial charge on any atom is 0.574 e. The van der Waals surface area contributed by atoms with Gasteiger partial charge in [-0.1, -0.05) is 0 Å². The van der Waals surface area contributed by atoms with Gasteiger partial charge < -0.3 is 10.5 Å². The minimum atomic E-state index is -5.06. The molecule has 0 spiro atoms. The Bertz CT molecular complexity index is 405. The molecule has 1 aromatic heterocycles. The number of aryl methyl sites for hydroxylation is 1. The van der Waals surface area contributed by atoms with Crippen molar-refractivity contribution in [2.75, 3.05) is 0 Å². The summed E-state index contributed by atoms with van der Waals surface area (Å²) in [5.41, 5.74) is 4.69. The molecule has 1 heterocycles. The highest BCUT2D eigenvalue weighted by Gasteiger charge is 2.34. The maximum atomic E-state index is 12.5. The quantitative estimate of drug-likeness (QED) is 0.846. The molecule has 96 valence electrons. The molecule has 8 heteroatoms. The molecule has 0 saturated carbocycles. The van der Waals surface area contributed by atoms with Crippen LogP contribution < -0.4 is 10.5 Å². The van der Waals surface area contributed by atoms with Crippen LogP contribution in [-0.4, -0.2) is 11.3 Å². The van der Waals surface area contributed by atoms with Crippen LogP contribution >= 0.6 is 0 Å². The van der Waals surface area contributed by atoms with Gasteiger partial charge in [0.15, 0.2) is 0 Å². The predicted molar refractivity (Wildman–Crippen MR) is 48.5 cm³/mol. The van der Waals surface area contributed by atoms with E-state index in [4.69, 9.17) is 5.73 Å². The first-order valence-corrected chi connectivity index (χ1v) is 4.49. The van der Waals surface area contributed by atoms with Crippen LogP contribution in [-0.2, 0) is 6.54 Å². The Balaban J connectivity index is 3.23. The average Bonchev–Trinajstić information content (AvgIpc) is 2.14. The zero-order chi connectivity index (χ0) is 13.2. The molecule has 3 nitrogen and oxygen atoms in total. The second kappa shape index (κ2) is 4.82. The Morgan fingerprint density at radius 2 is 2.00 bits per heavy atom. The zero-order valence-corrected chi connectivity index (χ0v) is 8.68. The third kappa shape index (κ3) is 3.52. The van der Waals surface area contributed by atoms with E-state index in [0.29, 0.717) is 0 Å². The fourth-order valence-corrected chi connectivity index (χ4v) is 1.20. The second-order valence-corrected chi connectivity index (χ2v) is 3.18. The summed E-state index contributed by atoms with van der Waals surface area (Å²) in [5.74, 6) is -1.14. The van der Waals surface area contributed by atoms with Crippen molar-refractivity contribution in [3.8, 4) is 5.88 Å². The van der Waals surface area contributed by atoms with Gasteiger partial charge in [-0.25, -0.2) is 13.8 Å². The normalized spacial score (nSPS) is 12.0. The van der Waals surface area contributed by atoms with E-state index in [0.717, 1.165) is 6.07 Å². The number of nitrogens with zero attached hydrogens (tertiary/aromatic N) is 1. The molecule has 0 aliphatic heterocycles. The van der Waals surface area contributed by atoms with Crippen molar-refractivity contribution in [1.82, 2.24) is 4.98 Å². The van der Waals surface area contributed by atoms with Crippen LogP contribution in [0.15, 0.2) is 6.07 Å². The predicted octanol–water partition coefficient (Wildman–Crippen LogP) is 2.68. The van der Waals surface area contributed by atoms with E-state index in [1.165, 1.54) is 6.92 Å². The van der Waals surface area contributed by atoms with Crippen molar-refractivity contribution in [3.63, 3.8) is 0 Å². The van der Waals surface area contributed by atoms with E-state index >= 15 is 0 Å². The van der Waals surface area contributed by atoms with Gasteiger partial charge in [0.1, 0.15) is 0 Å². The third-order valence-electron chi connectivity index (χ3n) is 1.98. The number of nitrogens with two attached hydrogens (primary N) is 1. The highest BCUT2D eigenvalue weighted by molar-refractivity contribution is 5.35. The SMILES string of the molecule is Cc1nc(OC(F)(F)F)c(C(F)F)cc1CN. The molecule has 0 bridgehead atoms.